The molecule has 3 rings (SSSR count). The Hall–Kier alpha value is -3.35. The van der Waals surface area contributed by atoms with Crippen LogP contribution < -0.4 is 15.4 Å². The van der Waals surface area contributed by atoms with Crippen LogP contribution in [-0.4, -0.2) is 55.4 Å². The van der Waals surface area contributed by atoms with E-state index >= 15 is 0 Å². The third kappa shape index (κ3) is 5.87. The van der Waals surface area contributed by atoms with Crippen LogP contribution >= 0.6 is 0 Å². The highest BCUT2D eigenvalue weighted by atomic mass is 16.5. The van der Waals surface area contributed by atoms with Crippen molar-refractivity contribution in [2.45, 2.75) is 32.2 Å². The summed E-state index contributed by atoms with van der Waals surface area (Å²) in [4.78, 5) is 40.2. The van der Waals surface area contributed by atoms with Crippen LogP contribution in [0.5, 0.6) is 5.75 Å². The lowest BCUT2D eigenvalue weighted by atomic mass is 9.88. The quantitative estimate of drug-likeness (QED) is 0.665. The van der Waals surface area contributed by atoms with E-state index in [-0.39, 0.29) is 23.6 Å². The minimum atomic E-state index is -0.632. The molecule has 3 amide bonds. The minimum Gasteiger partial charge on any atom is -0.497 e. The number of ether oxygens (including phenoxy) is 1. The molecule has 2 N–H and O–H groups in total. The van der Waals surface area contributed by atoms with Crippen LogP contribution in [0.3, 0.4) is 0 Å². The van der Waals surface area contributed by atoms with E-state index in [1.165, 1.54) is 0 Å². The molecule has 7 nitrogen and oxygen atoms in total. The van der Waals surface area contributed by atoms with Crippen LogP contribution in [0.25, 0.3) is 0 Å². The maximum absolute atomic E-state index is 12.8. The van der Waals surface area contributed by atoms with Gasteiger partial charge in [-0.05, 0) is 61.6 Å². The summed E-state index contributed by atoms with van der Waals surface area (Å²) in [5, 5.41) is 5.84. The van der Waals surface area contributed by atoms with Crippen molar-refractivity contribution >= 4 is 17.7 Å². The molecule has 2 aromatic rings. The van der Waals surface area contributed by atoms with Gasteiger partial charge in [0.25, 0.3) is 11.8 Å². The Kier molecular flexibility index (Phi) is 8.25. The largest absolute Gasteiger partial charge is 0.497 e. The summed E-state index contributed by atoms with van der Waals surface area (Å²) in [5.41, 5.74) is 1.13. The summed E-state index contributed by atoms with van der Waals surface area (Å²) >= 11 is 0. The van der Waals surface area contributed by atoms with Crippen molar-refractivity contribution in [3.8, 4) is 5.75 Å². The van der Waals surface area contributed by atoms with E-state index < -0.39 is 6.04 Å². The molecule has 0 bridgehead atoms. The molecule has 1 fully saturated rings. The molecule has 0 aliphatic carbocycles. The van der Waals surface area contributed by atoms with Crippen LogP contribution in [0.4, 0.5) is 0 Å². The first kappa shape index (κ1) is 23.3. The molecule has 0 spiro atoms. The maximum atomic E-state index is 12.8. The number of hydrogen-bond donors (Lipinski definition) is 2. The fraction of sp³-hybridized carbons (Fsp3) is 0.400. The van der Waals surface area contributed by atoms with Gasteiger partial charge in [-0.25, -0.2) is 0 Å². The maximum Gasteiger partial charge on any atom is 0.253 e. The third-order valence-corrected chi connectivity index (χ3v) is 5.79. The summed E-state index contributed by atoms with van der Waals surface area (Å²) in [7, 11) is 1.59. The second-order valence-corrected chi connectivity index (χ2v) is 7.97. The molecule has 0 aromatic heterocycles. The summed E-state index contributed by atoms with van der Waals surface area (Å²) in [6.45, 7) is 3.62. The number of piperidine rings is 1. The zero-order chi connectivity index (χ0) is 22.9. The molecule has 1 aliphatic heterocycles. The monoisotopic (exact) mass is 437 g/mol. The van der Waals surface area contributed by atoms with E-state index in [9.17, 15) is 14.4 Å². The summed E-state index contributed by atoms with van der Waals surface area (Å²) in [6.07, 6.45) is 2.10. The van der Waals surface area contributed by atoms with Crippen LogP contribution in [0.1, 0.15) is 46.9 Å². The predicted molar refractivity (Wildman–Crippen MR) is 123 cm³/mol. The Bertz CT molecular complexity index is 907. The molecular formula is C25H31N3O4. The number of amides is 3. The van der Waals surface area contributed by atoms with Crippen molar-refractivity contribution in [1.82, 2.24) is 15.5 Å². The Morgan fingerprint density at radius 1 is 1.00 bits per heavy atom. The predicted octanol–water partition coefficient (Wildman–Crippen LogP) is 2.87. The lowest BCUT2D eigenvalue weighted by molar-refractivity contribution is -0.124. The molecule has 1 aliphatic rings. The van der Waals surface area contributed by atoms with Crippen LogP contribution in [0.2, 0.25) is 0 Å². The molecule has 0 saturated carbocycles. The second-order valence-electron chi connectivity index (χ2n) is 7.97. The van der Waals surface area contributed by atoms with Crippen molar-refractivity contribution in [1.29, 1.82) is 0 Å². The van der Waals surface area contributed by atoms with Crippen molar-refractivity contribution in [2.24, 2.45) is 5.92 Å². The Balaban J connectivity index is 1.65. The van der Waals surface area contributed by atoms with Crippen molar-refractivity contribution in [3.63, 3.8) is 0 Å². The summed E-state index contributed by atoms with van der Waals surface area (Å²) in [6, 6.07) is 15.3. The smallest absolute Gasteiger partial charge is 0.253 e. The van der Waals surface area contributed by atoms with Gasteiger partial charge in [0.1, 0.15) is 11.8 Å². The number of methoxy groups -OCH3 is 1. The number of carbonyl (C=O) groups excluding carboxylic acids is 3. The van der Waals surface area contributed by atoms with E-state index in [2.05, 4.69) is 10.6 Å². The number of likely N-dealkylation sites (tertiary alicyclic amines) is 1. The molecule has 1 unspecified atom stereocenters. The molecule has 1 atom stereocenters. The van der Waals surface area contributed by atoms with E-state index in [1.54, 1.807) is 60.5 Å². The lowest BCUT2D eigenvalue weighted by Crippen LogP contribution is -2.54. The van der Waals surface area contributed by atoms with E-state index in [0.717, 1.165) is 6.42 Å². The summed E-state index contributed by atoms with van der Waals surface area (Å²) in [5.74, 6) is 0.191. The van der Waals surface area contributed by atoms with Gasteiger partial charge >= 0.3 is 0 Å². The molecule has 32 heavy (non-hydrogen) atoms. The minimum absolute atomic E-state index is 0.0357. The van der Waals surface area contributed by atoms with Gasteiger partial charge in [0.2, 0.25) is 5.91 Å². The van der Waals surface area contributed by atoms with Crippen molar-refractivity contribution in [2.75, 3.05) is 26.7 Å². The fourth-order valence-corrected chi connectivity index (χ4v) is 3.92. The first-order chi connectivity index (χ1) is 15.5. The third-order valence-electron chi connectivity index (χ3n) is 5.79. The topological polar surface area (TPSA) is 87.7 Å². The molecule has 170 valence electrons. The van der Waals surface area contributed by atoms with Gasteiger partial charge in [0.15, 0.2) is 0 Å². The van der Waals surface area contributed by atoms with Crippen LogP contribution in [-0.2, 0) is 4.79 Å². The number of benzene rings is 2. The SMILES string of the molecule is CCCNC(=O)C(NC(=O)c1ccccc1)C1CCN(C(=O)c2ccc(OC)cc2)CC1. The molecule has 0 radical (unpaired) electrons. The number of nitrogens with zero attached hydrogens (tertiary/aromatic N) is 1. The molecule has 1 heterocycles. The molecule has 2 aromatic carbocycles. The molecule has 7 heteroatoms. The van der Waals surface area contributed by atoms with Crippen molar-refractivity contribution < 1.29 is 19.1 Å². The Labute approximate surface area is 189 Å². The first-order valence-corrected chi connectivity index (χ1v) is 11.1. The van der Waals surface area contributed by atoms with Crippen LogP contribution in [0.15, 0.2) is 54.6 Å². The van der Waals surface area contributed by atoms with Crippen LogP contribution in [0, 0.1) is 5.92 Å². The highest BCUT2D eigenvalue weighted by Gasteiger charge is 2.34. The lowest BCUT2D eigenvalue weighted by Gasteiger charge is -2.36. The normalized spacial score (nSPS) is 15.0. The highest BCUT2D eigenvalue weighted by molar-refractivity contribution is 5.97. The van der Waals surface area contributed by atoms with Gasteiger partial charge < -0.3 is 20.3 Å². The Morgan fingerprint density at radius 2 is 1.66 bits per heavy atom. The van der Waals surface area contributed by atoms with E-state index in [1.807, 2.05) is 13.0 Å². The van der Waals surface area contributed by atoms with Gasteiger partial charge in [-0.1, -0.05) is 25.1 Å². The zero-order valence-electron chi connectivity index (χ0n) is 18.7. The van der Waals surface area contributed by atoms with Gasteiger partial charge in [0.05, 0.1) is 7.11 Å². The second kappa shape index (κ2) is 11.3. The molecular weight excluding hydrogens is 406 g/mol. The van der Waals surface area contributed by atoms with Gasteiger partial charge in [0, 0.05) is 30.8 Å². The Morgan fingerprint density at radius 3 is 2.25 bits per heavy atom. The average Bonchev–Trinajstić information content (AvgIpc) is 2.86. The van der Waals surface area contributed by atoms with Gasteiger partial charge in [-0.3, -0.25) is 14.4 Å². The highest BCUT2D eigenvalue weighted by Crippen LogP contribution is 2.23. The standard InChI is InChI=1S/C25H31N3O4/c1-3-15-26-24(30)22(27-23(29)19-7-5-4-6-8-19)18-13-16-28(17-14-18)25(31)20-9-11-21(32-2)12-10-20/h4-12,18,22H,3,13-17H2,1-2H3,(H,26,30)(H,27,29). The van der Waals surface area contributed by atoms with Gasteiger partial charge in [-0.2, -0.15) is 0 Å². The first-order valence-electron chi connectivity index (χ1n) is 11.1. The zero-order valence-corrected chi connectivity index (χ0v) is 18.7. The van der Waals surface area contributed by atoms with Crippen molar-refractivity contribution in [3.05, 3.63) is 65.7 Å². The average molecular weight is 438 g/mol. The number of hydrogen-bond acceptors (Lipinski definition) is 4. The number of rotatable bonds is 8. The fourth-order valence-electron chi connectivity index (χ4n) is 3.92. The number of carbonyl (C=O) groups is 3. The van der Waals surface area contributed by atoms with E-state index in [4.69, 9.17) is 4.74 Å². The van der Waals surface area contributed by atoms with Gasteiger partial charge in [-0.15, -0.1) is 0 Å². The number of nitrogens with one attached hydrogen (secondary N) is 2. The van der Waals surface area contributed by atoms with E-state index in [0.29, 0.717) is 49.4 Å². The summed E-state index contributed by atoms with van der Waals surface area (Å²) < 4.78 is 5.15. The molecule has 1 saturated heterocycles.